The molecule has 2 heterocycles. The highest BCUT2D eigenvalue weighted by Gasteiger charge is 2.29. The predicted molar refractivity (Wildman–Crippen MR) is 61.9 cm³/mol. The van der Waals surface area contributed by atoms with Crippen LogP contribution in [0.5, 0.6) is 0 Å². The van der Waals surface area contributed by atoms with E-state index >= 15 is 0 Å². The molecule has 6 nitrogen and oxygen atoms in total. The van der Waals surface area contributed by atoms with Gasteiger partial charge in [0.15, 0.2) is 0 Å². The van der Waals surface area contributed by atoms with Crippen molar-refractivity contribution in [1.82, 2.24) is 14.7 Å². The van der Waals surface area contributed by atoms with Crippen molar-refractivity contribution in [2.75, 3.05) is 19.7 Å². The second-order valence-electron chi connectivity index (χ2n) is 4.55. The largest absolute Gasteiger partial charge is 0.396 e. The van der Waals surface area contributed by atoms with Gasteiger partial charge < -0.3 is 15.7 Å². The number of rotatable bonds is 3. The summed E-state index contributed by atoms with van der Waals surface area (Å²) in [5, 5.41) is 13.0. The van der Waals surface area contributed by atoms with Crippen molar-refractivity contribution in [3.8, 4) is 0 Å². The number of nitrogens with two attached hydrogens (primary N) is 1. The third kappa shape index (κ3) is 2.48. The van der Waals surface area contributed by atoms with Crippen LogP contribution < -0.4 is 5.73 Å². The van der Waals surface area contributed by atoms with E-state index in [0.717, 1.165) is 12.0 Å². The third-order valence-corrected chi connectivity index (χ3v) is 3.21. The van der Waals surface area contributed by atoms with Gasteiger partial charge in [-0.05, 0) is 6.42 Å². The summed E-state index contributed by atoms with van der Waals surface area (Å²) in [5.74, 6) is 0.106. The van der Waals surface area contributed by atoms with E-state index in [2.05, 4.69) is 5.10 Å². The molecule has 0 radical (unpaired) electrons. The molecule has 1 saturated heterocycles. The first-order valence-corrected chi connectivity index (χ1v) is 5.75. The van der Waals surface area contributed by atoms with E-state index in [-0.39, 0.29) is 18.4 Å². The van der Waals surface area contributed by atoms with Crippen LogP contribution >= 0.6 is 0 Å². The predicted octanol–water partition coefficient (Wildman–Crippen LogP) is -0.739. The molecule has 2 rings (SSSR count). The summed E-state index contributed by atoms with van der Waals surface area (Å²) in [6.07, 6.45) is 4.21. The summed E-state index contributed by atoms with van der Waals surface area (Å²) in [6, 6.07) is -0.652. The number of hydrogen-bond donors (Lipinski definition) is 2. The fourth-order valence-electron chi connectivity index (χ4n) is 2.12. The maximum Gasteiger partial charge on any atom is 0.244 e. The van der Waals surface area contributed by atoms with Crippen LogP contribution in [0, 0.1) is 5.92 Å². The number of aliphatic hydroxyl groups is 1. The van der Waals surface area contributed by atoms with Gasteiger partial charge in [-0.15, -0.1) is 0 Å². The highest BCUT2D eigenvalue weighted by molar-refractivity contribution is 5.83. The average Bonchev–Trinajstić information content (AvgIpc) is 2.95. The lowest BCUT2D eigenvalue weighted by molar-refractivity contribution is -0.131. The van der Waals surface area contributed by atoms with Crippen molar-refractivity contribution in [1.29, 1.82) is 0 Å². The van der Waals surface area contributed by atoms with Gasteiger partial charge in [-0.25, -0.2) is 0 Å². The Kier molecular flexibility index (Phi) is 3.44. The summed E-state index contributed by atoms with van der Waals surface area (Å²) in [7, 11) is 1.79. The highest BCUT2D eigenvalue weighted by atomic mass is 16.3. The molecule has 2 unspecified atom stereocenters. The second kappa shape index (κ2) is 4.85. The van der Waals surface area contributed by atoms with Crippen molar-refractivity contribution in [3.05, 3.63) is 18.0 Å². The molecule has 0 aromatic carbocycles. The molecular formula is C11H18N4O2. The van der Waals surface area contributed by atoms with Crippen molar-refractivity contribution in [3.63, 3.8) is 0 Å². The molecule has 94 valence electrons. The minimum absolute atomic E-state index is 0.0889. The standard InChI is InChI=1S/C11H18N4O2/c1-14-6-9(4-13-14)10(12)11(17)15-3-2-8(5-15)7-16/h4,6,8,10,16H,2-3,5,7,12H2,1H3. The topological polar surface area (TPSA) is 84.4 Å². The van der Waals surface area contributed by atoms with Crippen LogP contribution in [0.25, 0.3) is 0 Å². The summed E-state index contributed by atoms with van der Waals surface area (Å²) >= 11 is 0. The zero-order valence-corrected chi connectivity index (χ0v) is 9.91. The lowest BCUT2D eigenvalue weighted by Crippen LogP contribution is -2.37. The van der Waals surface area contributed by atoms with Gasteiger partial charge in [0, 0.05) is 44.4 Å². The van der Waals surface area contributed by atoms with Gasteiger partial charge in [-0.2, -0.15) is 5.10 Å². The van der Waals surface area contributed by atoms with Gasteiger partial charge in [-0.3, -0.25) is 9.48 Å². The molecule has 0 bridgehead atoms. The van der Waals surface area contributed by atoms with Crippen molar-refractivity contribution in [2.24, 2.45) is 18.7 Å². The molecule has 6 heteroatoms. The lowest BCUT2D eigenvalue weighted by atomic mass is 10.1. The Morgan fingerprint density at radius 1 is 1.76 bits per heavy atom. The molecule has 1 amide bonds. The number of aromatic nitrogens is 2. The maximum atomic E-state index is 12.1. The number of aliphatic hydroxyl groups excluding tert-OH is 1. The zero-order chi connectivity index (χ0) is 12.4. The zero-order valence-electron chi connectivity index (χ0n) is 9.91. The Labute approximate surface area is 100 Å². The van der Waals surface area contributed by atoms with Gasteiger partial charge in [0.05, 0.1) is 6.20 Å². The molecule has 2 atom stereocenters. The van der Waals surface area contributed by atoms with Crippen LogP contribution in [0.3, 0.4) is 0 Å². The van der Waals surface area contributed by atoms with Gasteiger partial charge in [0.25, 0.3) is 0 Å². The highest BCUT2D eigenvalue weighted by Crippen LogP contribution is 2.20. The van der Waals surface area contributed by atoms with Crippen molar-refractivity contribution >= 4 is 5.91 Å². The fourth-order valence-corrected chi connectivity index (χ4v) is 2.12. The quantitative estimate of drug-likeness (QED) is 0.726. The molecular weight excluding hydrogens is 220 g/mol. The lowest BCUT2D eigenvalue weighted by Gasteiger charge is -2.19. The van der Waals surface area contributed by atoms with E-state index in [1.165, 1.54) is 0 Å². The normalized spacial score (nSPS) is 21.8. The summed E-state index contributed by atoms with van der Waals surface area (Å²) in [5.41, 5.74) is 6.64. The first-order chi connectivity index (χ1) is 8.11. The minimum Gasteiger partial charge on any atom is -0.396 e. The molecule has 1 fully saturated rings. The molecule has 1 aliphatic heterocycles. The Balaban J connectivity index is 2.00. The summed E-state index contributed by atoms with van der Waals surface area (Å²) in [4.78, 5) is 13.8. The first kappa shape index (κ1) is 12.1. The van der Waals surface area contributed by atoms with Crippen LogP contribution in [0.4, 0.5) is 0 Å². The number of nitrogens with zero attached hydrogens (tertiary/aromatic N) is 3. The maximum absolute atomic E-state index is 12.1. The van der Waals surface area contributed by atoms with E-state index in [9.17, 15) is 4.79 Å². The Morgan fingerprint density at radius 2 is 2.53 bits per heavy atom. The van der Waals surface area contributed by atoms with E-state index < -0.39 is 6.04 Å². The summed E-state index contributed by atoms with van der Waals surface area (Å²) in [6.45, 7) is 1.41. The smallest absolute Gasteiger partial charge is 0.244 e. The molecule has 1 aromatic heterocycles. The Bertz CT molecular complexity index is 404. The molecule has 0 saturated carbocycles. The van der Waals surface area contributed by atoms with Crippen LogP contribution in [-0.4, -0.2) is 45.4 Å². The van der Waals surface area contributed by atoms with E-state index in [4.69, 9.17) is 10.8 Å². The van der Waals surface area contributed by atoms with Crippen LogP contribution in [0.2, 0.25) is 0 Å². The van der Waals surface area contributed by atoms with Crippen LogP contribution in [0.1, 0.15) is 18.0 Å². The summed E-state index contributed by atoms with van der Waals surface area (Å²) < 4.78 is 1.63. The minimum atomic E-state index is -0.652. The number of amides is 1. The van der Waals surface area contributed by atoms with Crippen molar-refractivity contribution in [2.45, 2.75) is 12.5 Å². The van der Waals surface area contributed by atoms with E-state index in [1.54, 1.807) is 29.0 Å². The van der Waals surface area contributed by atoms with Crippen LogP contribution in [0.15, 0.2) is 12.4 Å². The first-order valence-electron chi connectivity index (χ1n) is 5.75. The van der Waals surface area contributed by atoms with Crippen LogP contribution in [-0.2, 0) is 11.8 Å². The number of hydrogen-bond acceptors (Lipinski definition) is 4. The SMILES string of the molecule is Cn1cc(C(N)C(=O)N2CCC(CO)C2)cn1. The Hall–Kier alpha value is -1.40. The third-order valence-electron chi connectivity index (χ3n) is 3.21. The monoisotopic (exact) mass is 238 g/mol. The van der Waals surface area contributed by atoms with Crippen molar-refractivity contribution < 1.29 is 9.90 Å². The van der Waals surface area contributed by atoms with E-state index in [0.29, 0.717) is 13.1 Å². The molecule has 17 heavy (non-hydrogen) atoms. The number of carbonyl (C=O) groups is 1. The fraction of sp³-hybridized carbons (Fsp3) is 0.636. The molecule has 0 aliphatic carbocycles. The van der Waals surface area contributed by atoms with E-state index in [1.807, 2.05) is 0 Å². The molecule has 3 N–H and O–H groups in total. The number of aryl methyl sites for hydroxylation is 1. The van der Waals surface area contributed by atoms with Gasteiger partial charge >= 0.3 is 0 Å². The van der Waals surface area contributed by atoms with Gasteiger partial charge in [-0.1, -0.05) is 0 Å². The average molecular weight is 238 g/mol. The van der Waals surface area contributed by atoms with Gasteiger partial charge in [0.1, 0.15) is 6.04 Å². The molecule has 1 aliphatic rings. The molecule has 1 aromatic rings. The number of carbonyl (C=O) groups excluding carboxylic acids is 1. The number of likely N-dealkylation sites (tertiary alicyclic amines) is 1. The van der Waals surface area contributed by atoms with Gasteiger partial charge in [0.2, 0.25) is 5.91 Å². The Morgan fingerprint density at radius 3 is 3.06 bits per heavy atom. The molecule has 0 spiro atoms. The second-order valence-corrected chi connectivity index (χ2v) is 4.55.